The number of carbonyl (C=O) groups excluding carboxylic acids is 1. The molecule has 2 unspecified atom stereocenters. The van der Waals surface area contributed by atoms with Crippen LogP contribution < -0.4 is 5.73 Å². The molecule has 1 amide bonds. The topological polar surface area (TPSA) is 75.0 Å². The fourth-order valence-corrected chi connectivity index (χ4v) is 1.70. The number of H-pyrrole nitrogens is 1. The van der Waals surface area contributed by atoms with Crippen molar-refractivity contribution >= 4 is 5.91 Å². The zero-order chi connectivity index (χ0) is 10.1. The standard InChI is InChI=1S/C9H14N4O/c1-6-3-13(4-7(6)10)9(14)8-2-11-5-12-8/h2,5-7H,3-4,10H2,1H3,(H,11,12). The molecule has 0 aliphatic carbocycles. The molecule has 0 saturated carbocycles. The van der Waals surface area contributed by atoms with E-state index in [0.29, 0.717) is 18.2 Å². The number of amides is 1. The van der Waals surface area contributed by atoms with Gasteiger partial charge in [-0.05, 0) is 5.92 Å². The van der Waals surface area contributed by atoms with Gasteiger partial charge in [-0.25, -0.2) is 4.98 Å². The first-order valence-corrected chi connectivity index (χ1v) is 4.71. The van der Waals surface area contributed by atoms with E-state index in [1.54, 1.807) is 4.90 Å². The van der Waals surface area contributed by atoms with Gasteiger partial charge in [-0.15, -0.1) is 0 Å². The summed E-state index contributed by atoms with van der Waals surface area (Å²) >= 11 is 0. The highest BCUT2D eigenvalue weighted by Gasteiger charge is 2.30. The van der Waals surface area contributed by atoms with E-state index in [-0.39, 0.29) is 11.9 Å². The summed E-state index contributed by atoms with van der Waals surface area (Å²) in [7, 11) is 0. The number of aromatic amines is 1. The van der Waals surface area contributed by atoms with Gasteiger partial charge in [0.25, 0.3) is 5.91 Å². The molecule has 1 saturated heterocycles. The van der Waals surface area contributed by atoms with Crippen LogP contribution >= 0.6 is 0 Å². The first-order chi connectivity index (χ1) is 6.68. The molecule has 0 bridgehead atoms. The number of imidazole rings is 1. The summed E-state index contributed by atoms with van der Waals surface area (Å²) in [4.78, 5) is 20.2. The second-order valence-corrected chi connectivity index (χ2v) is 3.82. The fraction of sp³-hybridized carbons (Fsp3) is 0.556. The van der Waals surface area contributed by atoms with Crippen LogP contribution in [0.4, 0.5) is 0 Å². The molecule has 0 spiro atoms. The summed E-state index contributed by atoms with van der Waals surface area (Å²) in [6, 6.07) is 0.0990. The molecule has 1 aromatic rings. The molecule has 1 aromatic heterocycles. The van der Waals surface area contributed by atoms with Crippen molar-refractivity contribution in [2.75, 3.05) is 13.1 Å². The Morgan fingerprint density at radius 3 is 3.00 bits per heavy atom. The lowest BCUT2D eigenvalue weighted by Crippen LogP contribution is -2.32. The van der Waals surface area contributed by atoms with Gasteiger partial charge in [-0.3, -0.25) is 4.79 Å². The van der Waals surface area contributed by atoms with Gasteiger partial charge >= 0.3 is 0 Å². The minimum atomic E-state index is -0.0118. The van der Waals surface area contributed by atoms with Gasteiger partial charge in [0.15, 0.2) is 0 Å². The first-order valence-electron chi connectivity index (χ1n) is 4.71. The molecule has 5 nitrogen and oxygen atoms in total. The molecule has 1 aliphatic rings. The maximum absolute atomic E-state index is 11.8. The Balaban J connectivity index is 2.07. The van der Waals surface area contributed by atoms with Crippen LogP contribution in [0.5, 0.6) is 0 Å². The van der Waals surface area contributed by atoms with Crippen LogP contribution in [0.2, 0.25) is 0 Å². The van der Waals surface area contributed by atoms with Gasteiger partial charge in [0.2, 0.25) is 0 Å². The van der Waals surface area contributed by atoms with Crippen molar-refractivity contribution in [3.8, 4) is 0 Å². The quantitative estimate of drug-likeness (QED) is 0.651. The van der Waals surface area contributed by atoms with Crippen LogP contribution in [0.1, 0.15) is 17.4 Å². The maximum Gasteiger partial charge on any atom is 0.271 e. The smallest absolute Gasteiger partial charge is 0.271 e. The number of likely N-dealkylation sites (tertiary alicyclic amines) is 1. The van der Waals surface area contributed by atoms with Crippen LogP contribution in [-0.2, 0) is 0 Å². The van der Waals surface area contributed by atoms with Crippen LogP contribution in [0.3, 0.4) is 0 Å². The number of nitrogens with one attached hydrogen (secondary N) is 1. The van der Waals surface area contributed by atoms with Gasteiger partial charge in [-0.2, -0.15) is 0 Å². The third kappa shape index (κ3) is 1.50. The third-order valence-electron chi connectivity index (χ3n) is 2.69. The number of hydrogen-bond donors (Lipinski definition) is 2. The average Bonchev–Trinajstić information content (AvgIpc) is 2.76. The fourth-order valence-electron chi connectivity index (χ4n) is 1.70. The summed E-state index contributed by atoms with van der Waals surface area (Å²) in [5, 5.41) is 0. The molecule has 5 heteroatoms. The van der Waals surface area contributed by atoms with Gasteiger partial charge in [0.1, 0.15) is 5.69 Å². The molecule has 2 heterocycles. The van der Waals surface area contributed by atoms with Crippen molar-refractivity contribution < 1.29 is 4.79 Å². The molecule has 3 N–H and O–H groups in total. The molecule has 0 aromatic carbocycles. The second-order valence-electron chi connectivity index (χ2n) is 3.82. The summed E-state index contributed by atoms with van der Waals surface area (Å²) < 4.78 is 0. The molecular weight excluding hydrogens is 180 g/mol. The highest BCUT2D eigenvalue weighted by atomic mass is 16.2. The number of hydrogen-bond acceptors (Lipinski definition) is 3. The predicted molar refractivity (Wildman–Crippen MR) is 51.6 cm³/mol. The zero-order valence-corrected chi connectivity index (χ0v) is 8.10. The Bertz CT molecular complexity index is 312. The average molecular weight is 194 g/mol. The van der Waals surface area contributed by atoms with E-state index in [1.165, 1.54) is 12.5 Å². The Morgan fingerprint density at radius 2 is 2.50 bits per heavy atom. The third-order valence-corrected chi connectivity index (χ3v) is 2.69. The van der Waals surface area contributed by atoms with Gasteiger partial charge in [-0.1, -0.05) is 6.92 Å². The Hall–Kier alpha value is -1.36. The SMILES string of the molecule is CC1CN(C(=O)c2cnc[nH]2)CC1N. The minimum Gasteiger partial charge on any atom is -0.341 e. The number of rotatable bonds is 1. The summed E-state index contributed by atoms with van der Waals surface area (Å²) in [5.41, 5.74) is 6.37. The van der Waals surface area contributed by atoms with E-state index in [9.17, 15) is 4.79 Å². The summed E-state index contributed by atoms with van der Waals surface area (Å²) in [6.45, 7) is 3.43. The molecule has 14 heavy (non-hydrogen) atoms. The van der Waals surface area contributed by atoms with Crippen LogP contribution in [0.15, 0.2) is 12.5 Å². The van der Waals surface area contributed by atoms with E-state index < -0.39 is 0 Å². The molecule has 76 valence electrons. The van der Waals surface area contributed by atoms with E-state index in [2.05, 4.69) is 16.9 Å². The predicted octanol–water partition coefficient (Wildman–Crippen LogP) is -0.171. The van der Waals surface area contributed by atoms with Gasteiger partial charge in [0.05, 0.1) is 12.5 Å². The molecular formula is C9H14N4O. The van der Waals surface area contributed by atoms with Crippen LogP contribution in [0.25, 0.3) is 0 Å². The number of nitrogens with zero attached hydrogens (tertiary/aromatic N) is 2. The van der Waals surface area contributed by atoms with Crippen molar-refractivity contribution in [3.05, 3.63) is 18.2 Å². The van der Waals surface area contributed by atoms with E-state index >= 15 is 0 Å². The van der Waals surface area contributed by atoms with Gasteiger partial charge < -0.3 is 15.6 Å². The molecule has 2 atom stereocenters. The molecule has 1 aliphatic heterocycles. The van der Waals surface area contributed by atoms with Crippen LogP contribution in [-0.4, -0.2) is 39.9 Å². The van der Waals surface area contributed by atoms with Crippen LogP contribution in [0, 0.1) is 5.92 Å². The van der Waals surface area contributed by atoms with Gasteiger partial charge in [0, 0.05) is 19.1 Å². The number of nitrogens with two attached hydrogens (primary N) is 1. The second kappa shape index (κ2) is 3.42. The first kappa shape index (κ1) is 9.21. The van der Waals surface area contributed by atoms with E-state index in [4.69, 9.17) is 5.73 Å². The maximum atomic E-state index is 11.8. The largest absolute Gasteiger partial charge is 0.341 e. The van der Waals surface area contributed by atoms with Crippen molar-refractivity contribution in [2.45, 2.75) is 13.0 Å². The minimum absolute atomic E-state index is 0.0118. The monoisotopic (exact) mass is 194 g/mol. The number of carbonyl (C=O) groups is 1. The van der Waals surface area contributed by atoms with Crippen molar-refractivity contribution in [2.24, 2.45) is 11.7 Å². The van der Waals surface area contributed by atoms with Crippen molar-refractivity contribution in [3.63, 3.8) is 0 Å². The lowest BCUT2D eigenvalue weighted by Gasteiger charge is -2.13. The molecule has 0 radical (unpaired) electrons. The Morgan fingerprint density at radius 1 is 1.71 bits per heavy atom. The zero-order valence-electron chi connectivity index (χ0n) is 8.10. The molecule has 2 rings (SSSR count). The Labute approximate surface area is 82.3 Å². The summed E-state index contributed by atoms with van der Waals surface area (Å²) in [6.07, 6.45) is 3.05. The lowest BCUT2D eigenvalue weighted by atomic mass is 10.1. The van der Waals surface area contributed by atoms with Crippen molar-refractivity contribution in [1.29, 1.82) is 0 Å². The van der Waals surface area contributed by atoms with E-state index in [0.717, 1.165) is 6.54 Å². The lowest BCUT2D eigenvalue weighted by molar-refractivity contribution is 0.0781. The highest BCUT2D eigenvalue weighted by molar-refractivity contribution is 5.92. The Kier molecular flexibility index (Phi) is 2.25. The summed E-state index contributed by atoms with van der Waals surface area (Å²) in [5.74, 6) is 0.365. The molecule has 1 fully saturated rings. The highest BCUT2D eigenvalue weighted by Crippen LogP contribution is 2.16. The van der Waals surface area contributed by atoms with E-state index in [1.807, 2.05) is 0 Å². The number of aromatic nitrogens is 2. The van der Waals surface area contributed by atoms with Crippen molar-refractivity contribution in [1.82, 2.24) is 14.9 Å². The normalized spacial score (nSPS) is 26.9.